The lowest BCUT2D eigenvalue weighted by Crippen LogP contribution is -2.40. The molecule has 0 N–H and O–H groups in total. The molecule has 2 aromatic rings. The quantitative estimate of drug-likeness (QED) is 0.610. The van der Waals surface area contributed by atoms with Gasteiger partial charge in [0.2, 0.25) is 10.0 Å². The van der Waals surface area contributed by atoms with Gasteiger partial charge in [0, 0.05) is 29.9 Å². The molecule has 3 heterocycles. The van der Waals surface area contributed by atoms with Crippen LogP contribution in [-0.4, -0.2) is 47.8 Å². The van der Waals surface area contributed by atoms with Gasteiger partial charge in [0.15, 0.2) is 5.84 Å². The number of sulfonamides is 1. The third kappa shape index (κ3) is 4.34. The Morgan fingerprint density at radius 3 is 2.62 bits per heavy atom. The van der Waals surface area contributed by atoms with Crippen molar-refractivity contribution in [3.8, 4) is 0 Å². The van der Waals surface area contributed by atoms with Crippen molar-refractivity contribution >= 4 is 50.8 Å². The number of hydrogen-bond acceptors (Lipinski definition) is 4. The number of aliphatic imine (C=N–C) groups is 2. The molecule has 174 valence electrons. The number of halogens is 2. The largest absolute Gasteiger partial charge is 0.327 e. The number of amides is 1. The molecule has 1 fully saturated rings. The van der Waals surface area contributed by atoms with Crippen molar-refractivity contribution in [2.45, 2.75) is 30.3 Å². The normalized spacial score (nSPS) is 21.5. The van der Waals surface area contributed by atoms with Crippen molar-refractivity contribution < 1.29 is 13.2 Å². The van der Waals surface area contributed by atoms with E-state index in [4.69, 9.17) is 23.2 Å². The fourth-order valence-electron chi connectivity index (χ4n) is 4.25. The lowest BCUT2D eigenvalue weighted by atomic mass is 10.1. The van der Waals surface area contributed by atoms with Crippen LogP contribution in [0.3, 0.4) is 0 Å². The standard InChI is InChI=1S/C24H20Cl2N4O3S/c25-17-7-10-19(11-8-17)34(32,33)30-13-3-6-21(30)24(31)28-23-20-5-2-1-4-16(20)14-29-15-18(26)9-12-22(29)27-23/h1-2,4-5,7-12,15,21H,3,6,13-14H2/t21-/m1/s1. The molecule has 0 spiro atoms. The Bertz CT molecular complexity index is 1380. The van der Waals surface area contributed by atoms with Gasteiger partial charge in [0.1, 0.15) is 11.9 Å². The van der Waals surface area contributed by atoms with Crippen molar-refractivity contribution in [3.63, 3.8) is 0 Å². The summed E-state index contributed by atoms with van der Waals surface area (Å²) in [6, 6.07) is 12.6. The van der Waals surface area contributed by atoms with Gasteiger partial charge in [-0.25, -0.2) is 13.4 Å². The fraction of sp³-hybridized carbons (Fsp3) is 0.208. The number of carbonyl (C=O) groups excluding carboxylic acids is 1. The number of rotatable bonds is 3. The summed E-state index contributed by atoms with van der Waals surface area (Å²) in [5.41, 5.74) is 1.65. The molecule has 34 heavy (non-hydrogen) atoms. The van der Waals surface area contributed by atoms with Crippen LogP contribution in [0.5, 0.6) is 0 Å². The van der Waals surface area contributed by atoms with Crippen molar-refractivity contribution in [3.05, 3.63) is 88.1 Å². The molecule has 0 radical (unpaired) electrons. The Hall–Kier alpha value is -2.78. The lowest BCUT2D eigenvalue weighted by Gasteiger charge is -2.22. The second-order valence-electron chi connectivity index (χ2n) is 8.10. The molecule has 0 unspecified atom stereocenters. The summed E-state index contributed by atoms with van der Waals surface area (Å²) in [4.78, 5) is 24.3. The van der Waals surface area contributed by atoms with Crippen LogP contribution in [0, 0.1) is 0 Å². The van der Waals surface area contributed by atoms with Crippen molar-refractivity contribution in [1.82, 2.24) is 9.21 Å². The second-order valence-corrected chi connectivity index (χ2v) is 10.9. The maximum Gasteiger partial charge on any atom is 0.266 e. The van der Waals surface area contributed by atoms with Gasteiger partial charge in [0.25, 0.3) is 5.91 Å². The second kappa shape index (κ2) is 9.11. The first kappa shape index (κ1) is 23.0. The van der Waals surface area contributed by atoms with E-state index in [-0.39, 0.29) is 17.3 Å². The molecule has 1 saturated heterocycles. The number of carbonyl (C=O) groups is 1. The van der Waals surface area contributed by atoms with Crippen molar-refractivity contribution in [2.75, 3.05) is 6.54 Å². The van der Waals surface area contributed by atoms with Crippen LogP contribution < -0.4 is 0 Å². The van der Waals surface area contributed by atoms with Gasteiger partial charge in [-0.2, -0.15) is 9.30 Å². The molecular formula is C24H20Cl2N4O3S. The number of hydrogen-bond donors (Lipinski definition) is 0. The zero-order chi connectivity index (χ0) is 23.9. The molecule has 3 aliphatic rings. The van der Waals surface area contributed by atoms with E-state index in [0.717, 1.165) is 11.1 Å². The summed E-state index contributed by atoms with van der Waals surface area (Å²) in [6.07, 6.45) is 6.23. The van der Waals surface area contributed by atoms with Crippen molar-refractivity contribution in [2.24, 2.45) is 9.98 Å². The van der Waals surface area contributed by atoms with Crippen LogP contribution in [0.4, 0.5) is 0 Å². The summed E-state index contributed by atoms with van der Waals surface area (Å²) in [5.74, 6) is 0.320. The molecule has 0 saturated carbocycles. The molecular weight excluding hydrogens is 495 g/mol. The van der Waals surface area contributed by atoms with E-state index < -0.39 is 22.0 Å². The minimum Gasteiger partial charge on any atom is -0.327 e. The Balaban J connectivity index is 1.51. The zero-order valence-corrected chi connectivity index (χ0v) is 20.3. The molecule has 10 heteroatoms. The number of amidine groups is 2. The first-order chi connectivity index (χ1) is 16.3. The predicted octanol–water partition coefficient (Wildman–Crippen LogP) is 4.33. The molecule has 0 aromatic heterocycles. The SMILES string of the molecule is O=C(N=C1N=C2C=CC(Cl)=CN2Cc2ccccc21)[C@H]1CCCN1S(=O)(=O)c1ccc(Cl)cc1. The predicted molar refractivity (Wildman–Crippen MR) is 132 cm³/mol. The fourth-order valence-corrected chi connectivity index (χ4v) is 6.20. The minimum absolute atomic E-state index is 0.0935. The Kier molecular flexibility index (Phi) is 6.16. The van der Waals surface area contributed by atoms with E-state index in [9.17, 15) is 13.2 Å². The zero-order valence-electron chi connectivity index (χ0n) is 17.9. The van der Waals surface area contributed by atoms with Crippen LogP contribution in [0.25, 0.3) is 0 Å². The third-order valence-corrected chi connectivity index (χ3v) is 8.31. The molecule has 2 aromatic carbocycles. The summed E-state index contributed by atoms with van der Waals surface area (Å²) < 4.78 is 27.7. The van der Waals surface area contributed by atoms with Gasteiger partial charge in [-0.05, 0) is 54.8 Å². The van der Waals surface area contributed by atoms with Gasteiger partial charge in [0.05, 0.1) is 9.93 Å². The molecule has 5 rings (SSSR count). The Morgan fingerprint density at radius 2 is 1.82 bits per heavy atom. The minimum atomic E-state index is -3.88. The van der Waals surface area contributed by atoms with Crippen LogP contribution in [-0.2, 0) is 21.4 Å². The number of benzene rings is 2. The average Bonchev–Trinajstić information content (AvgIpc) is 3.27. The molecule has 0 bridgehead atoms. The topological polar surface area (TPSA) is 82.4 Å². The first-order valence-electron chi connectivity index (χ1n) is 10.7. The Morgan fingerprint density at radius 1 is 1.06 bits per heavy atom. The molecule has 3 aliphatic heterocycles. The highest BCUT2D eigenvalue weighted by Crippen LogP contribution is 2.29. The molecule has 1 atom stereocenters. The molecule has 7 nitrogen and oxygen atoms in total. The van der Waals surface area contributed by atoms with Gasteiger partial charge >= 0.3 is 0 Å². The molecule has 0 aliphatic carbocycles. The number of allylic oxidation sites excluding steroid dienone is 2. The van der Waals surface area contributed by atoms with Gasteiger partial charge in [-0.15, -0.1) is 0 Å². The lowest BCUT2D eigenvalue weighted by molar-refractivity contribution is -0.120. The van der Waals surface area contributed by atoms with E-state index in [1.807, 2.05) is 29.2 Å². The van der Waals surface area contributed by atoms with Crippen LogP contribution in [0.1, 0.15) is 24.0 Å². The average molecular weight is 515 g/mol. The van der Waals surface area contributed by atoms with E-state index in [2.05, 4.69) is 9.98 Å². The summed E-state index contributed by atoms with van der Waals surface area (Å²) in [6.45, 7) is 0.764. The summed E-state index contributed by atoms with van der Waals surface area (Å²) >= 11 is 12.1. The maximum atomic E-state index is 13.3. The van der Waals surface area contributed by atoms with E-state index in [0.29, 0.717) is 35.3 Å². The smallest absolute Gasteiger partial charge is 0.266 e. The van der Waals surface area contributed by atoms with E-state index in [1.54, 1.807) is 18.4 Å². The highest BCUT2D eigenvalue weighted by Gasteiger charge is 2.39. The highest BCUT2D eigenvalue weighted by atomic mass is 35.5. The number of nitrogens with zero attached hydrogens (tertiary/aromatic N) is 4. The number of fused-ring (bicyclic) bond motifs is 2. The van der Waals surface area contributed by atoms with Crippen LogP contribution in [0.2, 0.25) is 5.02 Å². The first-order valence-corrected chi connectivity index (χ1v) is 12.9. The summed E-state index contributed by atoms with van der Waals surface area (Å²) in [7, 11) is -3.88. The van der Waals surface area contributed by atoms with Gasteiger partial charge in [-0.1, -0.05) is 47.5 Å². The highest BCUT2D eigenvalue weighted by molar-refractivity contribution is 7.89. The van der Waals surface area contributed by atoms with Gasteiger partial charge < -0.3 is 4.90 Å². The monoisotopic (exact) mass is 514 g/mol. The molecule has 1 amide bonds. The van der Waals surface area contributed by atoms with Crippen molar-refractivity contribution in [1.29, 1.82) is 0 Å². The van der Waals surface area contributed by atoms with Crippen LogP contribution >= 0.6 is 23.2 Å². The maximum absolute atomic E-state index is 13.3. The van der Waals surface area contributed by atoms with Crippen LogP contribution in [0.15, 0.2) is 86.8 Å². The summed E-state index contributed by atoms with van der Waals surface area (Å²) in [5, 5.41) is 1.01. The Labute approximate surface area is 207 Å². The van der Waals surface area contributed by atoms with E-state index >= 15 is 0 Å². The van der Waals surface area contributed by atoms with Gasteiger partial charge in [-0.3, -0.25) is 4.79 Å². The van der Waals surface area contributed by atoms with E-state index in [1.165, 1.54) is 28.6 Å². The third-order valence-electron chi connectivity index (χ3n) is 5.91.